The molecule has 0 aromatic heterocycles. The fourth-order valence-corrected chi connectivity index (χ4v) is 0.946. The molecule has 0 saturated carbocycles. The summed E-state index contributed by atoms with van der Waals surface area (Å²) in [6.45, 7) is 0. The number of carbonyl (C=O) groups excluding carboxylic acids is 2. The second kappa shape index (κ2) is 3.57. The van der Waals surface area contributed by atoms with E-state index in [1.165, 1.54) is 7.11 Å². The Labute approximate surface area is 76.7 Å². The van der Waals surface area contributed by atoms with Crippen LogP contribution in [0.5, 0.6) is 0 Å². The Morgan fingerprint density at radius 1 is 1.75 bits per heavy atom. The van der Waals surface area contributed by atoms with Crippen molar-refractivity contribution in [2.75, 3.05) is 7.11 Å². The number of hydrogen-bond acceptors (Lipinski definition) is 4. The van der Waals surface area contributed by atoms with Crippen molar-refractivity contribution in [2.45, 2.75) is 4.95 Å². The standard InChI is InChI=1S/C6H5BrN2O3/c1-12-6(11)3-2-8-5(10)4(7)9-3/h2,4H,1H3. The Balaban J connectivity index is 2.83. The molecule has 1 heterocycles. The third kappa shape index (κ3) is 1.76. The summed E-state index contributed by atoms with van der Waals surface area (Å²) in [7, 11) is 1.23. The summed E-state index contributed by atoms with van der Waals surface area (Å²) < 4.78 is 4.38. The van der Waals surface area contributed by atoms with Gasteiger partial charge in [-0.1, -0.05) is 15.9 Å². The van der Waals surface area contributed by atoms with Gasteiger partial charge in [0, 0.05) is 0 Å². The number of amides is 1. The number of aliphatic imine (C=N–C) groups is 2. The van der Waals surface area contributed by atoms with Gasteiger partial charge in [0.25, 0.3) is 5.91 Å². The van der Waals surface area contributed by atoms with E-state index in [4.69, 9.17) is 0 Å². The molecule has 5 nitrogen and oxygen atoms in total. The van der Waals surface area contributed by atoms with Crippen molar-refractivity contribution in [2.24, 2.45) is 9.98 Å². The van der Waals surface area contributed by atoms with Crippen LogP contribution < -0.4 is 0 Å². The molecule has 1 atom stereocenters. The van der Waals surface area contributed by atoms with Gasteiger partial charge in [0.2, 0.25) is 0 Å². The fourth-order valence-electron chi connectivity index (χ4n) is 0.607. The number of rotatable bonds is 1. The van der Waals surface area contributed by atoms with Gasteiger partial charge in [-0.15, -0.1) is 0 Å². The zero-order valence-corrected chi connectivity index (χ0v) is 7.74. The highest BCUT2D eigenvalue weighted by Crippen LogP contribution is 2.07. The second-order valence-electron chi connectivity index (χ2n) is 1.94. The van der Waals surface area contributed by atoms with Crippen LogP contribution in [0.25, 0.3) is 0 Å². The van der Waals surface area contributed by atoms with Crippen LogP contribution in [-0.4, -0.2) is 35.9 Å². The molecule has 12 heavy (non-hydrogen) atoms. The normalized spacial score (nSPS) is 22.0. The molecule has 0 spiro atoms. The number of carbonyl (C=O) groups is 2. The quantitative estimate of drug-likeness (QED) is 0.361. The number of alkyl halides is 1. The summed E-state index contributed by atoms with van der Waals surface area (Å²) in [5, 5.41) is 0. The summed E-state index contributed by atoms with van der Waals surface area (Å²) >= 11 is 2.93. The highest BCUT2D eigenvalue weighted by atomic mass is 79.9. The number of halogens is 1. The SMILES string of the molecule is COC(=O)C1=NC(Br)C(=O)N=C1. The van der Waals surface area contributed by atoms with Gasteiger partial charge >= 0.3 is 5.97 Å². The monoisotopic (exact) mass is 232 g/mol. The van der Waals surface area contributed by atoms with Crippen LogP contribution >= 0.6 is 15.9 Å². The van der Waals surface area contributed by atoms with E-state index in [2.05, 4.69) is 30.7 Å². The van der Waals surface area contributed by atoms with E-state index < -0.39 is 16.8 Å². The summed E-state index contributed by atoms with van der Waals surface area (Å²) in [6.07, 6.45) is 1.09. The molecule has 0 aromatic rings. The van der Waals surface area contributed by atoms with E-state index >= 15 is 0 Å². The molecule has 1 aliphatic heterocycles. The summed E-state index contributed by atoms with van der Waals surface area (Å²) in [5.74, 6) is -1.03. The minimum atomic E-state index is -0.767. The lowest BCUT2D eigenvalue weighted by atomic mass is 10.3. The first kappa shape index (κ1) is 9.05. The van der Waals surface area contributed by atoms with E-state index in [-0.39, 0.29) is 5.71 Å². The smallest absolute Gasteiger partial charge is 0.357 e. The van der Waals surface area contributed by atoms with Crippen LogP contribution in [0, 0.1) is 0 Å². The molecular weight excluding hydrogens is 228 g/mol. The lowest BCUT2D eigenvalue weighted by molar-refractivity contribution is -0.132. The first-order chi connectivity index (χ1) is 5.65. The molecule has 0 radical (unpaired) electrons. The Morgan fingerprint density at radius 3 is 2.92 bits per heavy atom. The fraction of sp³-hybridized carbons (Fsp3) is 0.333. The number of esters is 1. The third-order valence-corrected chi connectivity index (χ3v) is 1.76. The first-order valence-electron chi connectivity index (χ1n) is 3.03. The van der Waals surface area contributed by atoms with E-state index in [1.807, 2.05) is 0 Å². The van der Waals surface area contributed by atoms with Gasteiger partial charge in [0.1, 0.15) is 0 Å². The molecule has 0 bridgehead atoms. The zero-order valence-electron chi connectivity index (χ0n) is 6.15. The number of nitrogens with zero attached hydrogens (tertiary/aromatic N) is 2. The molecule has 6 heteroatoms. The van der Waals surface area contributed by atoms with Gasteiger partial charge in [0.15, 0.2) is 10.7 Å². The predicted octanol–water partition coefficient (Wildman–Crippen LogP) is -0.0676. The van der Waals surface area contributed by atoms with Gasteiger partial charge in [-0.3, -0.25) is 9.79 Å². The molecule has 0 aliphatic carbocycles. The van der Waals surface area contributed by atoms with Gasteiger partial charge in [-0.2, -0.15) is 0 Å². The molecular formula is C6H5BrN2O3. The van der Waals surface area contributed by atoms with E-state index in [0.717, 1.165) is 6.21 Å². The van der Waals surface area contributed by atoms with Crippen molar-refractivity contribution >= 4 is 39.7 Å². The van der Waals surface area contributed by atoms with Crippen molar-refractivity contribution in [1.29, 1.82) is 0 Å². The van der Waals surface area contributed by atoms with Gasteiger partial charge in [-0.25, -0.2) is 9.79 Å². The lowest BCUT2D eigenvalue weighted by Gasteiger charge is -2.06. The Kier molecular flexibility index (Phi) is 2.69. The summed E-state index contributed by atoms with van der Waals surface area (Å²) in [5.41, 5.74) is 0.0407. The third-order valence-electron chi connectivity index (χ3n) is 1.16. The Hall–Kier alpha value is -1.04. The molecule has 0 aromatic carbocycles. The predicted molar refractivity (Wildman–Crippen MR) is 45.7 cm³/mol. The number of methoxy groups -OCH3 is 1. The lowest BCUT2D eigenvalue weighted by Crippen LogP contribution is -2.26. The average molecular weight is 233 g/mol. The molecule has 0 fully saturated rings. The molecule has 1 amide bonds. The van der Waals surface area contributed by atoms with Gasteiger partial charge in [0.05, 0.1) is 13.3 Å². The molecule has 1 aliphatic rings. The van der Waals surface area contributed by atoms with Crippen LogP contribution in [0.1, 0.15) is 0 Å². The maximum absolute atomic E-state index is 10.8. The molecule has 1 unspecified atom stereocenters. The van der Waals surface area contributed by atoms with Crippen molar-refractivity contribution < 1.29 is 14.3 Å². The van der Waals surface area contributed by atoms with Crippen LogP contribution in [0.2, 0.25) is 0 Å². The Bertz CT molecular complexity index is 285. The Morgan fingerprint density at radius 2 is 2.42 bits per heavy atom. The molecule has 0 saturated heterocycles. The van der Waals surface area contributed by atoms with Crippen LogP contribution in [-0.2, 0) is 14.3 Å². The topological polar surface area (TPSA) is 68.1 Å². The van der Waals surface area contributed by atoms with E-state index in [0.29, 0.717) is 0 Å². The van der Waals surface area contributed by atoms with Crippen LogP contribution in [0.15, 0.2) is 9.98 Å². The van der Waals surface area contributed by atoms with Crippen LogP contribution in [0.4, 0.5) is 0 Å². The van der Waals surface area contributed by atoms with E-state index in [1.54, 1.807) is 0 Å². The largest absolute Gasteiger partial charge is 0.464 e. The second-order valence-corrected chi connectivity index (χ2v) is 2.81. The minimum absolute atomic E-state index is 0.0407. The summed E-state index contributed by atoms with van der Waals surface area (Å²) in [4.78, 5) is 27.9. The van der Waals surface area contributed by atoms with Crippen molar-refractivity contribution in [3.8, 4) is 0 Å². The minimum Gasteiger partial charge on any atom is -0.464 e. The highest BCUT2D eigenvalue weighted by Gasteiger charge is 2.21. The number of hydrogen-bond donors (Lipinski definition) is 0. The maximum Gasteiger partial charge on any atom is 0.357 e. The average Bonchev–Trinajstić information content (AvgIpc) is 2.08. The zero-order chi connectivity index (χ0) is 9.14. The summed E-state index contributed by atoms with van der Waals surface area (Å²) in [6, 6.07) is 0. The van der Waals surface area contributed by atoms with Crippen molar-refractivity contribution in [3.05, 3.63) is 0 Å². The van der Waals surface area contributed by atoms with Gasteiger partial charge in [-0.05, 0) is 0 Å². The maximum atomic E-state index is 10.8. The molecule has 0 N–H and O–H groups in total. The van der Waals surface area contributed by atoms with Gasteiger partial charge < -0.3 is 4.74 Å². The van der Waals surface area contributed by atoms with Crippen molar-refractivity contribution in [3.63, 3.8) is 0 Å². The molecule has 64 valence electrons. The first-order valence-corrected chi connectivity index (χ1v) is 3.95. The van der Waals surface area contributed by atoms with Crippen molar-refractivity contribution in [1.82, 2.24) is 0 Å². The highest BCUT2D eigenvalue weighted by molar-refractivity contribution is 9.10. The number of ether oxygens (including phenoxy) is 1. The molecule has 1 rings (SSSR count). The van der Waals surface area contributed by atoms with E-state index in [9.17, 15) is 9.59 Å². The van der Waals surface area contributed by atoms with Crippen LogP contribution in [0.3, 0.4) is 0 Å².